The largest absolute Gasteiger partial charge is 0.482 e. The van der Waals surface area contributed by atoms with E-state index in [1.807, 2.05) is 50.2 Å². The fourth-order valence-electron chi connectivity index (χ4n) is 3.83. The van der Waals surface area contributed by atoms with Crippen LogP contribution in [0.3, 0.4) is 0 Å². The topological polar surface area (TPSA) is 75.7 Å². The highest BCUT2D eigenvalue weighted by Gasteiger charge is 2.31. The summed E-state index contributed by atoms with van der Waals surface area (Å²) in [5.74, 6) is -0.0977. The van der Waals surface area contributed by atoms with E-state index < -0.39 is 10.0 Å². The SMILES string of the molecule is Cc1cc(C)cc(NC(=O)COc2ccc(S(=O)(=O)N3CCc4ccccc43)cc2Cl)c1. The van der Waals surface area contributed by atoms with Crippen LogP contribution in [0.25, 0.3) is 0 Å². The fraction of sp³-hybridized carbons (Fsp3) is 0.208. The first-order valence-corrected chi connectivity index (χ1v) is 12.0. The number of fused-ring (bicyclic) bond motifs is 1. The minimum atomic E-state index is -3.76. The van der Waals surface area contributed by atoms with E-state index in [2.05, 4.69) is 5.32 Å². The number of amides is 1. The van der Waals surface area contributed by atoms with Crippen LogP contribution in [0.4, 0.5) is 11.4 Å². The number of nitrogens with one attached hydrogen (secondary N) is 1. The zero-order valence-electron chi connectivity index (χ0n) is 17.8. The molecule has 0 saturated heterocycles. The molecule has 1 amide bonds. The molecule has 1 N–H and O–H groups in total. The molecule has 0 saturated carbocycles. The Labute approximate surface area is 192 Å². The summed E-state index contributed by atoms with van der Waals surface area (Å²) in [6.45, 7) is 4.04. The van der Waals surface area contributed by atoms with Crippen molar-refractivity contribution in [2.24, 2.45) is 0 Å². The van der Waals surface area contributed by atoms with Gasteiger partial charge >= 0.3 is 0 Å². The Morgan fingerprint density at radius 1 is 1.06 bits per heavy atom. The van der Waals surface area contributed by atoms with E-state index in [1.54, 1.807) is 6.07 Å². The van der Waals surface area contributed by atoms with Crippen LogP contribution in [-0.4, -0.2) is 27.5 Å². The van der Waals surface area contributed by atoms with Crippen LogP contribution >= 0.6 is 11.6 Å². The standard InChI is InChI=1S/C24H23ClN2O4S/c1-16-11-17(2)13-19(12-16)26-24(28)15-31-23-8-7-20(14-21(23)25)32(29,30)27-10-9-18-5-3-4-6-22(18)27/h3-8,11-14H,9-10,15H2,1-2H3,(H,26,28). The molecule has 0 fully saturated rings. The first-order chi connectivity index (χ1) is 15.2. The van der Waals surface area contributed by atoms with E-state index in [4.69, 9.17) is 16.3 Å². The first kappa shape index (κ1) is 22.2. The minimum Gasteiger partial charge on any atom is -0.482 e. The van der Waals surface area contributed by atoms with Gasteiger partial charge in [0.1, 0.15) is 5.75 Å². The average Bonchev–Trinajstić information content (AvgIpc) is 3.17. The Balaban J connectivity index is 1.45. The van der Waals surface area contributed by atoms with Crippen molar-refractivity contribution in [3.05, 3.63) is 82.4 Å². The number of hydrogen-bond acceptors (Lipinski definition) is 4. The van der Waals surface area contributed by atoms with E-state index in [9.17, 15) is 13.2 Å². The summed E-state index contributed by atoms with van der Waals surface area (Å²) in [6, 6.07) is 17.5. The number of para-hydroxylation sites is 1. The van der Waals surface area contributed by atoms with Crippen LogP contribution < -0.4 is 14.4 Å². The average molecular weight is 471 g/mol. The quantitative estimate of drug-likeness (QED) is 0.565. The van der Waals surface area contributed by atoms with Crippen molar-refractivity contribution < 1.29 is 17.9 Å². The highest BCUT2D eigenvalue weighted by molar-refractivity contribution is 7.92. The number of ether oxygens (including phenoxy) is 1. The lowest BCUT2D eigenvalue weighted by Gasteiger charge is -2.20. The normalized spacial score (nSPS) is 13.0. The van der Waals surface area contributed by atoms with Gasteiger partial charge in [-0.3, -0.25) is 9.10 Å². The molecule has 3 aromatic carbocycles. The molecule has 8 heteroatoms. The van der Waals surface area contributed by atoms with Crippen molar-refractivity contribution in [1.82, 2.24) is 0 Å². The summed E-state index contributed by atoms with van der Waals surface area (Å²) in [5.41, 5.74) is 4.46. The van der Waals surface area contributed by atoms with Gasteiger partial charge in [0, 0.05) is 12.2 Å². The Kier molecular flexibility index (Phi) is 6.13. The predicted octanol–water partition coefficient (Wildman–Crippen LogP) is 4.73. The maximum atomic E-state index is 13.1. The fourth-order valence-corrected chi connectivity index (χ4v) is 5.66. The van der Waals surface area contributed by atoms with Crippen molar-refractivity contribution >= 4 is 38.9 Å². The molecule has 0 bridgehead atoms. The highest BCUT2D eigenvalue weighted by atomic mass is 35.5. The number of aryl methyl sites for hydroxylation is 2. The van der Waals surface area contributed by atoms with Gasteiger partial charge < -0.3 is 10.1 Å². The lowest BCUT2D eigenvalue weighted by atomic mass is 10.1. The van der Waals surface area contributed by atoms with Crippen LogP contribution in [0.5, 0.6) is 5.75 Å². The summed E-state index contributed by atoms with van der Waals surface area (Å²) >= 11 is 6.29. The van der Waals surface area contributed by atoms with E-state index >= 15 is 0 Å². The maximum absolute atomic E-state index is 13.1. The highest BCUT2D eigenvalue weighted by Crippen LogP contribution is 2.35. The maximum Gasteiger partial charge on any atom is 0.264 e. The molecule has 0 unspecified atom stereocenters. The zero-order chi connectivity index (χ0) is 22.9. The van der Waals surface area contributed by atoms with Crippen molar-refractivity contribution in [2.45, 2.75) is 25.2 Å². The van der Waals surface area contributed by atoms with Crippen LogP contribution in [0.1, 0.15) is 16.7 Å². The van der Waals surface area contributed by atoms with Gasteiger partial charge in [0.05, 0.1) is 15.6 Å². The van der Waals surface area contributed by atoms with Crippen molar-refractivity contribution in [3.8, 4) is 5.75 Å². The van der Waals surface area contributed by atoms with Gasteiger partial charge in [0.15, 0.2) is 6.61 Å². The van der Waals surface area contributed by atoms with E-state index in [-0.39, 0.29) is 28.2 Å². The second-order valence-corrected chi connectivity index (χ2v) is 10.0. The number of carbonyl (C=O) groups is 1. The molecule has 0 radical (unpaired) electrons. The number of carbonyl (C=O) groups excluding carboxylic acids is 1. The lowest BCUT2D eigenvalue weighted by molar-refractivity contribution is -0.118. The molecule has 0 spiro atoms. The molecular formula is C24H23ClN2O4S. The summed E-state index contributed by atoms with van der Waals surface area (Å²) in [5, 5.41) is 2.91. The summed E-state index contributed by atoms with van der Waals surface area (Å²) in [7, 11) is -3.76. The van der Waals surface area contributed by atoms with Crippen molar-refractivity contribution in [2.75, 3.05) is 22.8 Å². The second kappa shape index (κ2) is 8.84. The van der Waals surface area contributed by atoms with Gasteiger partial charge in [-0.15, -0.1) is 0 Å². The van der Waals surface area contributed by atoms with Crippen molar-refractivity contribution in [1.29, 1.82) is 0 Å². The Morgan fingerprint density at radius 3 is 2.50 bits per heavy atom. The van der Waals surface area contributed by atoms with Crippen LogP contribution in [0.2, 0.25) is 5.02 Å². The number of benzene rings is 3. The van der Waals surface area contributed by atoms with Crippen LogP contribution in [-0.2, 0) is 21.2 Å². The monoisotopic (exact) mass is 470 g/mol. The zero-order valence-corrected chi connectivity index (χ0v) is 19.3. The summed E-state index contributed by atoms with van der Waals surface area (Å²) < 4.78 is 33.2. The van der Waals surface area contributed by atoms with Gasteiger partial charge in [0.2, 0.25) is 0 Å². The molecular weight excluding hydrogens is 448 g/mol. The summed E-state index contributed by atoms with van der Waals surface area (Å²) in [6.07, 6.45) is 0.667. The molecule has 0 aromatic heterocycles. The van der Waals surface area contributed by atoms with Crippen molar-refractivity contribution in [3.63, 3.8) is 0 Å². The summed E-state index contributed by atoms with van der Waals surface area (Å²) in [4.78, 5) is 12.3. The molecule has 166 valence electrons. The Morgan fingerprint density at radius 2 is 1.78 bits per heavy atom. The third kappa shape index (κ3) is 4.59. The number of sulfonamides is 1. The van der Waals surface area contributed by atoms with Gasteiger partial charge in [0.25, 0.3) is 15.9 Å². The van der Waals surface area contributed by atoms with Crippen LogP contribution in [0.15, 0.2) is 65.6 Å². The molecule has 3 aromatic rings. The predicted molar refractivity (Wildman–Crippen MR) is 126 cm³/mol. The minimum absolute atomic E-state index is 0.0752. The molecule has 1 aliphatic heterocycles. The number of hydrogen-bond donors (Lipinski definition) is 1. The molecule has 4 rings (SSSR count). The third-order valence-electron chi connectivity index (χ3n) is 5.20. The molecule has 0 atom stereocenters. The van der Waals surface area contributed by atoms with Gasteiger partial charge in [-0.25, -0.2) is 8.42 Å². The number of anilines is 2. The first-order valence-electron chi connectivity index (χ1n) is 10.2. The Hall–Kier alpha value is -3.03. The lowest BCUT2D eigenvalue weighted by Crippen LogP contribution is -2.29. The van der Waals surface area contributed by atoms with Crippen LogP contribution in [0, 0.1) is 13.8 Å². The smallest absolute Gasteiger partial charge is 0.264 e. The number of rotatable bonds is 6. The molecule has 1 aliphatic rings. The van der Waals surface area contributed by atoms with Gasteiger partial charge in [-0.05, 0) is 73.4 Å². The van der Waals surface area contributed by atoms with E-state index in [0.717, 1.165) is 16.7 Å². The third-order valence-corrected chi connectivity index (χ3v) is 7.30. The Bertz CT molecular complexity index is 1270. The molecule has 6 nitrogen and oxygen atoms in total. The van der Waals surface area contributed by atoms with Gasteiger partial charge in [-0.2, -0.15) is 0 Å². The molecule has 1 heterocycles. The van der Waals surface area contributed by atoms with E-state index in [1.165, 1.54) is 22.5 Å². The number of halogens is 1. The van der Waals surface area contributed by atoms with Gasteiger partial charge in [-0.1, -0.05) is 35.9 Å². The molecule has 0 aliphatic carbocycles. The second-order valence-electron chi connectivity index (χ2n) is 7.76. The molecule has 32 heavy (non-hydrogen) atoms. The van der Waals surface area contributed by atoms with E-state index in [0.29, 0.717) is 24.3 Å². The number of nitrogens with zero attached hydrogens (tertiary/aromatic N) is 1.